The summed E-state index contributed by atoms with van der Waals surface area (Å²) in [7, 11) is 0. The Morgan fingerprint density at radius 2 is 1.69 bits per heavy atom. The van der Waals surface area contributed by atoms with Crippen LogP contribution in [0.25, 0.3) is 21.2 Å². The maximum atomic E-state index is 13.3. The van der Waals surface area contributed by atoms with Crippen LogP contribution < -0.4 is 5.56 Å². The number of carboxylic acid groups (broad SMARTS) is 2. The topological polar surface area (TPSA) is 117 Å². The predicted molar refractivity (Wildman–Crippen MR) is 122 cm³/mol. The summed E-state index contributed by atoms with van der Waals surface area (Å²) in [5, 5.41) is 31.8. The molecule has 7 nitrogen and oxygen atoms in total. The summed E-state index contributed by atoms with van der Waals surface area (Å²) in [6, 6.07) is 12.2. The number of thiophene rings is 1. The van der Waals surface area contributed by atoms with Gasteiger partial charge in [0.1, 0.15) is 5.69 Å². The van der Waals surface area contributed by atoms with Gasteiger partial charge in [-0.1, -0.05) is 23.7 Å². The number of carbonyl (C=O) groups is 2. The number of aromatic nitrogens is 1. The average Bonchev–Trinajstić information content (AvgIpc) is 3.23. The molecule has 2 aromatic carbocycles. The van der Waals surface area contributed by atoms with Gasteiger partial charge in [-0.05, 0) is 58.3 Å². The third-order valence-electron chi connectivity index (χ3n) is 5.12. The van der Waals surface area contributed by atoms with E-state index in [1.165, 1.54) is 35.6 Å². The summed E-state index contributed by atoms with van der Waals surface area (Å²) in [6.45, 7) is -0.374. The lowest BCUT2D eigenvalue weighted by Crippen LogP contribution is -2.28. The largest absolute Gasteiger partial charge is 0.478 e. The molecule has 3 N–H and O–H groups in total. The molecule has 2 aromatic heterocycles. The number of fused-ring (bicyclic) bond motifs is 1. The molecule has 0 unspecified atom stereocenters. The van der Waals surface area contributed by atoms with Gasteiger partial charge >= 0.3 is 11.9 Å². The average molecular weight is 470 g/mol. The minimum atomic E-state index is -1.31. The Hall–Kier alpha value is -3.46. The molecule has 0 atom stereocenters. The molecule has 0 spiro atoms. The van der Waals surface area contributed by atoms with Crippen LogP contribution in [0.5, 0.6) is 0 Å². The predicted octanol–water partition coefficient (Wildman–Crippen LogP) is 4.32. The molecular weight excluding hydrogens is 454 g/mol. The monoisotopic (exact) mass is 469 g/mol. The fourth-order valence-corrected chi connectivity index (χ4v) is 4.79. The molecule has 0 amide bonds. The van der Waals surface area contributed by atoms with Gasteiger partial charge in [-0.25, -0.2) is 9.59 Å². The summed E-state index contributed by atoms with van der Waals surface area (Å²) < 4.78 is 1.16. The van der Waals surface area contributed by atoms with Gasteiger partial charge in [0.15, 0.2) is 0 Å². The van der Waals surface area contributed by atoms with E-state index >= 15 is 0 Å². The molecule has 32 heavy (non-hydrogen) atoms. The summed E-state index contributed by atoms with van der Waals surface area (Å²) in [5.74, 6) is -2.39. The third-order valence-corrected chi connectivity index (χ3v) is 6.33. The van der Waals surface area contributed by atoms with E-state index < -0.39 is 17.5 Å². The number of pyridine rings is 1. The smallest absolute Gasteiger partial charge is 0.353 e. The minimum absolute atomic E-state index is 0.0776. The number of benzene rings is 2. The first-order chi connectivity index (χ1) is 15.3. The van der Waals surface area contributed by atoms with Crippen molar-refractivity contribution < 1.29 is 24.9 Å². The summed E-state index contributed by atoms with van der Waals surface area (Å²) in [6.07, 6.45) is 0. The Bertz CT molecular complexity index is 1420. The molecule has 0 bridgehead atoms. The van der Waals surface area contributed by atoms with Gasteiger partial charge in [0.25, 0.3) is 5.56 Å². The molecule has 0 saturated carbocycles. The number of aliphatic hydroxyl groups is 1. The second kappa shape index (κ2) is 8.58. The van der Waals surface area contributed by atoms with Crippen LogP contribution in [0.1, 0.15) is 32.0 Å². The van der Waals surface area contributed by atoms with Gasteiger partial charge in [-0.15, -0.1) is 11.3 Å². The maximum absolute atomic E-state index is 13.3. The third kappa shape index (κ3) is 3.80. The zero-order chi connectivity index (χ0) is 23.0. The Morgan fingerprint density at radius 1 is 0.969 bits per heavy atom. The zero-order valence-corrected chi connectivity index (χ0v) is 18.0. The van der Waals surface area contributed by atoms with Crippen molar-refractivity contribution in [1.29, 1.82) is 0 Å². The molecule has 9 heteroatoms. The van der Waals surface area contributed by atoms with Crippen LogP contribution in [0.2, 0.25) is 5.02 Å². The first-order valence-corrected chi connectivity index (χ1v) is 10.7. The number of nitrogens with zero attached hydrogens (tertiary/aromatic N) is 1. The first-order valence-electron chi connectivity index (χ1n) is 9.41. The fraction of sp³-hybridized carbons (Fsp3) is 0.0870. The number of aromatic carboxylic acids is 2. The Balaban J connectivity index is 2.05. The van der Waals surface area contributed by atoms with Gasteiger partial charge in [0.2, 0.25) is 0 Å². The van der Waals surface area contributed by atoms with Gasteiger partial charge in [0, 0.05) is 20.8 Å². The van der Waals surface area contributed by atoms with E-state index in [2.05, 4.69) is 0 Å². The van der Waals surface area contributed by atoms with Crippen LogP contribution in [-0.2, 0) is 13.2 Å². The van der Waals surface area contributed by atoms with Crippen molar-refractivity contribution in [2.45, 2.75) is 13.2 Å². The molecule has 0 fully saturated rings. The van der Waals surface area contributed by atoms with Crippen molar-refractivity contribution in [3.05, 3.63) is 91.7 Å². The lowest BCUT2D eigenvalue weighted by molar-refractivity contribution is 0.0679. The molecule has 2 heterocycles. The number of halogens is 1. The molecular formula is C23H16ClNO6S. The van der Waals surface area contributed by atoms with Crippen molar-refractivity contribution in [2.75, 3.05) is 0 Å². The van der Waals surface area contributed by atoms with Crippen LogP contribution in [0.3, 0.4) is 0 Å². The van der Waals surface area contributed by atoms with E-state index in [0.717, 1.165) is 4.57 Å². The zero-order valence-electron chi connectivity index (χ0n) is 16.4. The number of hydrogen-bond acceptors (Lipinski definition) is 5. The molecule has 4 rings (SSSR count). The molecule has 4 aromatic rings. The Morgan fingerprint density at radius 3 is 2.31 bits per heavy atom. The van der Waals surface area contributed by atoms with Crippen LogP contribution in [0.15, 0.2) is 58.7 Å². The van der Waals surface area contributed by atoms with Crippen molar-refractivity contribution in [2.24, 2.45) is 0 Å². The van der Waals surface area contributed by atoms with Crippen LogP contribution >= 0.6 is 22.9 Å². The van der Waals surface area contributed by atoms with Crippen LogP contribution in [-0.4, -0.2) is 31.8 Å². The number of rotatable bonds is 6. The fourth-order valence-electron chi connectivity index (χ4n) is 3.64. The second-order valence-corrected chi connectivity index (χ2v) is 8.40. The quantitative estimate of drug-likeness (QED) is 0.387. The number of hydrogen-bond donors (Lipinski definition) is 3. The Labute approximate surface area is 190 Å². The minimum Gasteiger partial charge on any atom is -0.478 e. The number of aliphatic hydroxyl groups excluding tert-OH is 1. The molecule has 0 aliphatic heterocycles. The highest BCUT2D eigenvalue weighted by Gasteiger charge is 2.25. The van der Waals surface area contributed by atoms with Crippen molar-refractivity contribution in [3.63, 3.8) is 0 Å². The SMILES string of the molecule is O=C(O)c1ccc(Cn2c(C(=O)O)c(-c3sccc3CO)c3cc(Cl)ccc3c2=O)cc1. The lowest BCUT2D eigenvalue weighted by atomic mass is 9.99. The molecule has 0 radical (unpaired) electrons. The van der Waals surface area contributed by atoms with E-state index in [-0.39, 0.29) is 29.8 Å². The lowest BCUT2D eigenvalue weighted by Gasteiger charge is -2.18. The van der Waals surface area contributed by atoms with E-state index in [0.29, 0.717) is 32.0 Å². The van der Waals surface area contributed by atoms with Crippen LogP contribution in [0.4, 0.5) is 0 Å². The van der Waals surface area contributed by atoms with Crippen molar-refractivity contribution in [3.8, 4) is 10.4 Å². The van der Waals surface area contributed by atoms with Gasteiger partial charge < -0.3 is 15.3 Å². The molecule has 0 aliphatic carbocycles. The van der Waals surface area contributed by atoms with Crippen molar-refractivity contribution >= 4 is 45.6 Å². The van der Waals surface area contributed by atoms with Gasteiger partial charge in [0.05, 0.1) is 18.7 Å². The highest BCUT2D eigenvalue weighted by atomic mass is 35.5. The van der Waals surface area contributed by atoms with Crippen LogP contribution in [0, 0.1) is 0 Å². The van der Waals surface area contributed by atoms with Gasteiger partial charge in [-0.2, -0.15) is 0 Å². The first kappa shape index (κ1) is 21.8. The normalized spacial score (nSPS) is 11.1. The molecule has 0 aliphatic rings. The highest BCUT2D eigenvalue weighted by molar-refractivity contribution is 7.14. The highest BCUT2D eigenvalue weighted by Crippen LogP contribution is 2.38. The standard InChI is InChI=1S/C23H16ClNO6S/c24-15-5-6-16-17(9-15)18(20-14(11-26)7-8-32-20)19(23(30)31)25(21(16)27)10-12-1-3-13(4-2-12)22(28)29/h1-9,26H,10-11H2,(H,28,29)(H,30,31). The van der Waals surface area contributed by atoms with E-state index in [1.807, 2.05) is 0 Å². The maximum Gasteiger partial charge on any atom is 0.353 e. The van der Waals surface area contributed by atoms with Crippen molar-refractivity contribution in [1.82, 2.24) is 4.57 Å². The Kier molecular flexibility index (Phi) is 5.84. The summed E-state index contributed by atoms with van der Waals surface area (Å²) >= 11 is 7.43. The summed E-state index contributed by atoms with van der Waals surface area (Å²) in [4.78, 5) is 37.4. The van der Waals surface area contributed by atoms with E-state index in [1.54, 1.807) is 29.6 Å². The molecule has 162 valence electrons. The second-order valence-electron chi connectivity index (χ2n) is 7.05. The number of carboxylic acids is 2. The van der Waals surface area contributed by atoms with Gasteiger partial charge in [-0.3, -0.25) is 9.36 Å². The van der Waals surface area contributed by atoms with E-state index in [4.69, 9.17) is 16.7 Å². The van der Waals surface area contributed by atoms with E-state index in [9.17, 15) is 24.6 Å². The molecule has 0 saturated heterocycles. The summed E-state index contributed by atoms with van der Waals surface area (Å²) in [5.41, 5.74) is 0.740.